The van der Waals surface area contributed by atoms with E-state index in [1.807, 2.05) is 19.9 Å². The van der Waals surface area contributed by atoms with Gasteiger partial charge in [-0.2, -0.15) is 0 Å². The van der Waals surface area contributed by atoms with Crippen LogP contribution in [0.4, 0.5) is 4.79 Å². The van der Waals surface area contributed by atoms with Crippen LogP contribution in [0.2, 0.25) is 0 Å². The normalized spacial score (nSPS) is 19.6. The summed E-state index contributed by atoms with van der Waals surface area (Å²) < 4.78 is 2.16. The van der Waals surface area contributed by atoms with Gasteiger partial charge in [-0.05, 0) is 63.1 Å². The Labute approximate surface area is 151 Å². The number of amides is 3. The van der Waals surface area contributed by atoms with Gasteiger partial charge in [0.2, 0.25) is 5.91 Å². The number of rotatable bonds is 4. The van der Waals surface area contributed by atoms with Crippen LogP contribution in [0.5, 0.6) is 0 Å². The van der Waals surface area contributed by atoms with Crippen LogP contribution in [-0.2, 0) is 16.1 Å². The molecule has 3 amide bonds. The van der Waals surface area contributed by atoms with Gasteiger partial charge in [0.15, 0.2) is 0 Å². The van der Waals surface area contributed by atoms with Gasteiger partial charge in [0, 0.05) is 31.0 Å². The smallest absolute Gasteiger partial charge is 0.294 e. The van der Waals surface area contributed by atoms with Crippen molar-refractivity contribution in [3.63, 3.8) is 0 Å². The maximum absolute atomic E-state index is 12.6. The summed E-state index contributed by atoms with van der Waals surface area (Å²) in [6, 6.07) is 2.02. The third-order valence-corrected chi connectivity index (χ3v) is 5.75. The molecule has 0 aromatic carbocycles. The van der Waals surface area contributed by atoms with E-state index in [9.17, 15) is 14.4 Å². The Morgan fingerprint density at radius 1 is 1.24 bits per heavy atom. The average molecular weight is 361 g/mol. The molecule has 2 fully saturated rings. The molecule has 1 aromatic rings. The molecule has 0 aliphatic carbocycles. The Morgan fingerprint density at radius 2 is 1.92 bits per heavy atom. The molecule has 6 nitrogen and oxygen atoms in total. The largest absolute Gasteiger partial charge is 0.349 e. The van der Waals surface area contributed by atoms with Crippen LogP contribution in [0.1, 0.15) is 36.7 Å². The molecule has 0 unspecified atom stereocenters. The first-order valence-corrected chi connectivity index (χ1v) is 9.44. The molecular formula is C18H23N3O3S. The minimum Gasteiger partial charge on any atom is -0.349 e. The van der Waals surface area contributed by atoms with Crippen molar-refractivity contribution in [1.29, 1.82) is 0 Å². The lowest BCUT2D eigenvalue weighted by molar-refractivity contribution is -0.135. The minimum atomic E-state index is -0.371. The summed E-state index contributed by atoms with van der Waals surface area (Å²) >= 11 is 0.911. The molecule has 25 heavy (non-hydrogen) atoms. The molecule has 3 heterocycles. The van der Waals surface area contributed by atoms with Crippen LogP contribution in [0.25, 0.3) is 6.08 Å². The first kappa shape index (κ1) is 17.8. The summed E-state index contributed by atoms with van der Waals surface area (Å²) in [5.74, 6) is -0.519. The van der Waals surface area contributed by atoms with Crippen molar-refractivity contribution < 1.29 is 14.4 Å². The van der Waals surface area contributed by atoms with Gasteiger partial charge in [0.05, 0.1) is 4.91 Å². The molecule has 0 spiro atoms. The van der Waals surface area contributed by atoms with Crippen molar-refractivity contribution >= 4 is 34.9 Å². The zero-order chi connectivity index (χ0) is 18.1. The second kappa shape index (κ2) is 7.07. The number of hydrogen-bond donors (Lipinski definition) is 0. The van der Waals surface area contributed by atoms with E-state index >= 15 is 0 Å². The molecule has 0 N–H and O–H groups in total. The number of nitrogens with zero attached hydrogens (tertiary/aromatic N) is 3. The molecule has 134 valence electrons. The lowest BCUT2D eigenvalue weighted by Gasteiger charge is -2.18. The number of thioether (sulfide) groups is 1. The Balaban J connectivity index is 1.77. The van der Waals surface area contributed by atoms with E-state index < -0.39 is 0 Å². The SMILES string of the molecule is CCn1c(C)cc(/C=C2/SC(=O)N(CC(=O)N3CCCC3)C2=O)c1C. The number of carbonyl (C=O) groups excluding carboxylic acids is 3. The Morgan fingerprint density at radius 3 is 2.52 bits per heavy atom. The second-order valence-electron chi connectivity index (χ2n) is 6.43. The minimum absolute atomic E-state index is 0.148. The van der Waals surface area contributed by atoms with Crippen molar-refractivity contribution in [1.82, 2.24) is 14.4 Å². The first-order valence-electron chi connectivity index (χ1n) is 8.62. The van der Waals surface area contributed by atoms with Crippen LogP contribution in [0.15, 0.2) is 11.0 Å². The highest BCUT2D eigenvalue weighted by Gasteiger charge is 2.37. The van der Waals surface area contributed by atoms with E-state index in [1.54, 1.807) is 11.0 Å². The number of aromatic nitrogens is 1. The van der Waals surface area contributed by atoms with Crippen LogP contribution >= 0.6 is 11.8 Å². The van der Waals surface area contributed by atoms with Crippen molar-refractivity contribution in [2.24, 2.45) is 0 Å². The fourth-order valence-corrected chi connectivity index (χ4v) is 4.27. The molecule has 0 radical (unpaired) electrons. The zero-order valence-electron chi connectivity index (χ0n) is 14.9. The van der Waals surface area contributed by atoms with Gasteiger partial charge in [-0.3, -0.25) is 19.3 Å². The highest BCUT2D eigenvalue weighted by molar-refractivity contribution is 8.18. The maximum Gasteiger partial charge on any atom is 0.294 e. The van der Waals surface area contributed by atoms with Gasteiger partial charge in [0.25, 0.3) is 11.1 Å². The molecule has 3 rings (SSSR count). The summed E-state index contributed by atoms with van der Waals surface area (Å²) in [6.07, 6.45) is 3.74. The van der Waals surface area contributed by atoms with E-state index in [-0.39, 0.29) is 23.6 Å². The summed E-state index contributed by atoms with van der Waals surface area (Å²) in [5, 5.41) is -0.368. The van der Waals surface area contributed by atoms with Crippen molar-refractivity contribution in [2.45, 2.75) is 40.2 Å². The predicted octanol–water partition coefficient (Wildman–Crippen LogP) is 2.78. The molecule has 2 aliphatic rings. The third-order valence-electron chi connectivity index (χ3n) is 4.84. The quantitative estimate of drug-likeness (QED) is 0.774. The topological polar surface area (TPSA) is 62.6 Å². The summed E-state index contributed by atoms with van der Waals surface area (Å²) in [7, 11) is 0. The number of hydrogen-bond acceptors (Lipinski definition) is 4. The zero-order valence-corrected chi connectivity index (χ0v) is 15.7. The molecule has 2 aliphatic heterocycles. The second-order valence-corrected chi connectivity index (χ2v) is 7.42. The van der Waals surface area contributed by atoms with E-state index in [0.717, 1.165) is 53.0 Å². The molecule has 0 atom stereocenters. The standard InChI is InChI=1S/C18H23N3O3S/c1-4-20-12(2)9-14(13(20)3)10-15-17(23)21(18(24)25-15)11-16(22)19-7-5-6-8-19/h9-10H,4-8,11H2,1-3H3/b15-10+. The number of imide groups is 1. The lowest BCUT2D eigenvalue weighted by Crippen LogP contribution is -2.40. The molecular weight excluding hydrogens is 338 g/mol. The molecule has 7 heteroatoms. The lowest BCUT2D eigenvalue weighted by atomic mass is 10.2. The maximum atomic E-state index is 12.6. The highest BCUT2D eigenvalue weighted by atomic mass is 32.2. The van der Waals surface area contributed by atoms with E-state index in [1.165, 1.54) is 0 Å². The summed E-state index contributed by atoms with van der Waals surface area (Å²) in [6.45, 7) is 8.23. The van der Waals surface area contributed by atoms with Crippen molar-refractivity contribution in [3.05, 3.63) is 27.9 Å². The molecule has 2 saturated heterocycles. The van der Waals surface area contributed by atoms with Crippen LogP contribution < -0.4 is 0 Å². The van der Waals surface area contributed by atoms with Gasteiger partial charge in [-0.25, -0.2) is 0 Å². The Hall–Kier alpha value is -2.02. The average Bonchev–Trinajstić information content (AvgIpc) is 3.25. The molecule has 0 bridgehead atoms. The van der Waals surface area contributed by atoms with E-state index in [0.29, 0.717) is 18.0 Å². The molecule has 1 aromatic heterocycles. The Bertz CT molecular complexity index is 760. The summed E-state index contributed by atoms with van der Waals surface area (Å²) in [5.41, 5.74) is 3.13. The van der Waals surface area contributed by atoms with E-state index in [2.05, 4.69) is 11.5 Å². The van der Waals surface area contributed by atoms with E-state index in [4.69, 9.17) is 0 Å². The highest BCUT2D eigenvalue weighted by Crippen LogP contribution is 2.33. The molecule has 0 saturated carbocycles. The number of carbonyl (C=O) groups is 3. The van der Waals surface area contributed by atoms with Crippen LogP contribution in [-0.4, -0.2) is 51.1 Å². The van der Waals surface area contributed by atoms with Gasteiger partial charge < -0.3 is 9.47 Å². The van der Waals surface area contributed by atoms with Gasteiger partial charge in [-0.15, -0.1) is 0 Å². The van der Waals surface area contributed by atoms with Crippen molar-refractivity contribution in [2.75, 3.05) is 19.6 Å². The van der Waals surface area contributed by atoms with Crippen LogP contribution in [0.3, 0.4) is 0 Å². The fraction of sp³-hybridized carbons (Fsp3) is 0.500. The van der Waals surface area contributed by atoms with Gasteiger partial charge in [-0.1, -0.05) is 0 Å². The van der Waals surface area contributed by atoms with Gasteiger partial charge >= 0.3 is 0 Å². The predicted molar refractivity (Wildman–Crippen MR) is 98.1 cm³/mol. The fourth-order valence-electron chi connectivity index (χ4n) is 3.44. The summed E-state index contributed by atoms with van der Waals surface area (Å²) in [4.78, 5) is 40.2. The van der Waals surface area contributed by atoms with Gasteiger partial charge in [0.1, 0.15) is 6.54 Å². The van der Waals surface area contributed by atoms with Crippen molar-refractivity contribution in [3.8, 4) is 0 Å². The number of likely N-dealkylation sites (tertiary alicyclic amines) is 1. The monoisotopic (exact) mass is 361 g/mol. The third kappa shape index (κ3) is 3.38. The first-order chi connectivity index (χ1) is 11.9. The Kier molecular flexibility index (Phi) is 5.03. The number of aryl methyl sites for hydroxylation is 1. The van der Waals surface area contributed by atoms with Crippen LogP contribution in [0, 0.1) is 13.8 Å².